The molecule has 4 atom stereocenters. The molecule has 1 aliphatic rings. The molecule has 1 aliphatic heterocycles. The molecule has 8 nitrogen and oxygen atoms in total. The van der Waals surface area contributed by atoms with E-state index in [9.17, 15) is 9.18 Å². The Bertz CT molecular complexity index is 2410. The molecule has 332 valence electrons. The van der Waals surface area contributed by atoms with Gasteiger partial charge in [0.05, 0.1) is 24.1 Å². The van der Waals surface area contributed by atoms with Gasteiger partial charge in [-0.15, -0.1) is 0 Å². The first kappa shape index (κ1) is 45.8. The van der Waals surface area contributed by atoms with Crippen LogP contribution in [0.25, 0.3) is 0 Å². The van der Waals surface area contributed by atoms with E-state index < -0.39 is 38.5 Å². The Labute approximate surface area is 378 Å². The maximum Gasteiger partial charge on any atom is 0.416 e. The van der Waals surface area contributed by atoms with Crippen molar-refractivity contribution in [1.29, 1.82) is 0 Å². The lowest BCUT2D eigenvalue weighted by atomic mass is 9.85. The Morgan fingerprint density at radius 1 is 0.750 bits per heavy atom. The van der Waals surface area contributed by atoms with Crippen LogP contribution < -0.4 is 14.8 Å². The predicted octanol–water partition coefficient (Wildman–Crippen LogP) is 12.9. The average Bonchev–Trinajstić information content (AvgIpc) is 3.66. The van der Waals surface area contributed by atoms with Crippen LogP contribution in [0.15, 0.2) is 164 Å². The lowest BCUT2D eigenvalue weighted by molar-refractivity contribution is -0.134. The molecule has 10 heteroatoms. The minimum Gasteiger partial charge on any atom is -0.489 e. The molecule has 0 spiro atoms. The van der Waals surface area contributed by atoms with E-state index in [0.717, 1.165) is 27.9 Å². The summed E-state index contributed by atoms with van der Waals surface area (Å²) in [5, 5.41) is 3.61. The standard InChI is InChI=1S/C54H59FN2O6Si/c1-54(2,3)64(4,5)63-49(42-26-28-43(55)29-27-42)33-32-48(52(58)57-45(38-62-53(57)59)34-39-18-10-6-11-19-39)51(56-44-24-16-9-17-25-44)47-31-30-46(60-36-40-20-12-7-13-21-40)35-50(47)61-37-41-22-14-8-15-23-41/h6-31,35,45,48-49,51,56H,32-34,36-38H2,1-5H3/t45-,48+,49-,51+/m0/s1. The summed E-state index contributed by atoms with van der Waals surface area (Å²) in [6.45, 7) is 11.6. The number of carbonyl (C=O) groups excluding carboxylic acids is 2. The number of para-hydroxylation sites is 1. The third kappa shape index (κ3) is 11.9. The minimum atomic E-state index is -2.41. The van der Waals surface area contributed by atoms with Crippen LogP contribution in [0.3, 0.4) is 0 Å². The third-order valence-electron chi connectivity index (χ3n) is 12.4. The van der Waals surface area contributed by atoms with E-state index in [1.165, 1.54) is 17.0 Å². The number of benzene rings is 6. The number of anilines is 1. The number of carbonyl (C=O) groups is 2. The van der Waals surface area contributed by atoms with Crippen molar-refractivity contribution in [2.24, 2.45) is 5.92 Å². The van der Waals surface area contributed by atoms with Gasteiger partial charge in [-0.3, -0.25) is 4.79 Å². The largest absolute Gasteiger partial charge is 0.489 e. The Balaban J connectivity index is 1.34. The normalized spacial score (nSPS) is 15.5. The molecule has 64 heavy (non-hydrogen) atoms. The summed E-state index contributed by atoms with van der Waals surface area (Å²) < 4.78 is 40.3. The molecule has 0 aromatic heterocycles. The summed E-state index contributed by atoms with van der Waals surface area (Å²) in [4.78, 5) is 30.8. The van der Waals surface area contributed by atoms with E-state index >= 15 is 4.79 Å². The average molecular weight is 879 g/mol. The smallest absolute Gasteiger partial charge is 0.416 e. The lowest BCUT2D eigenvalue weighted by Gasteiger charge is -2.40. The molecule has 1 heterocycles. The van der Waals surface area contributed by atoms with Crippen LogP contribution in [0.1, 0.15) is 73.6 Å². The highest BCUT2D eigenvalue weighted by molar-refractivity contribution is 6.74. The SMILES string of the molecule is CC(C)(C)[Si](C)(C)O[C@@H](CC[C@@H](C(=O)N1C(=O)OC[C@@H]1Cc1ccccc1)[C@H](Nc1ccccc1)c1ccc(OCc2ccccc2)cc1OCc1ccccc1)c1ccc(F)cc1. The minimum absolute atomic E-state index is 0.0779. The van der Waals surface area contributed by atoms with Crippen molar-refractivity contribution >= 4 is 26.0 Å². The number of rotatable bonds is 19. The third-order valence-corrected chi connectivity index (χ3v) is 16.8. The molecule has 1 N–H and O–H groups in total. The van der Waals surface area contributed by atoms with Gasteiger partial charge >= 0.3 is 6.09 Å². The molecule has 2 amide bonds. The summed E-state index contributed by atoms with van der Waals surface area (Å²) in [5.41, 5.74) is 5.28. The first-order chi connectivity index (χ1) is 30.8. The fourth-order valence-corrected chi connectivity index (χ4v) is 9.10. The first-order valence-corrected chi connectivity index (χ1v) is 25.0. The number of hydrogen-bond acceptors (Lipinski definition) is 7. The fraction of sp³-hybridized carbons (Fsp3) is 0.296. The highest BCUT2D eigenvalue weighted by Gasteiger charge is 2.45. The monoisotopic (exact) mass is 878 g/mol. The molecule has 0 unspecified atom stereocenters. The number of halogens is 1. The van der Waals surface area contributed by atoms with E-state index in [4.69, 9.17) is 18.6 Å². The number of imide groups is 1. The van der Waals surface area contributed by atoms with E-state index in [1.54, 1.807) is 12.1 Å². The van der Waals surface area contributed by atoms with Crippen molar-refractivity contribution in [3.8, 4) is 11.5 Å². The topological polar surface area (TPSA) is 86.3 Å². The zero-order valence-electron chi connectivity index (χ0n) is 37.4. The van der Waals surface area contributed by atoms with Crippen LogP contribution in [0.4, 0.5) is 14.9 Å². The molecule has 0 bridgehead atoms. The van der Waals surface area contributed by atoms with Crippen LogP contribution >= 0.6 is 0 Å². The number of amides is 2. The van der Waals surface area contributed by atoms with Gasteiger partial charge in [-0.1, -0.05) is 142 Å². The van der Waals surface area contributed by atoms with Gasteiger partial charge in [0, 0.05) is 17.3 Å². The van der Waals surface area contributed by atoms with Crippen LogP contribution in [0, 0.1) is 11.7 Å². The number of hydrogen-bond donors (Lipinski definition) is 1. The maximum atomic E-state index is 15.7. The second-order valence-corrected chi connectivity index (χ2v) is 22.7. The van der Waals surface area contributed by atoms with E-state index in [2.05, 4.69) is 39.2 Å². The summed E-state index contributed by atoms with van der Waals surface area (Å²) >= 11 is 0. The predicted molar refractivity (Wildman–Crippen MR) is 253 cm³/mol. The summed E-state index contributed by atoms with van der Waals surface area (Å²) in [5.74, 6) is -0.447. The molecular weight excluding hydrogens is 820 g/mol. The molecule has 6 aromatic rings. The Morgan fingerprint density at radius 2 is 1.31 bits per heavy atom. The Hall–Kier alpha value is -6.23. The van der Waals surface area contributed by atoms with Crippen molar-refractivity contribution in [1.82, 2.24) is 4.90 Å². The zero-order valence-corrected chi connectivity index (χ0v) is 38.4. The van der Waals surface area contributed by atoms with Crippen LogP contribution in [0.2, 0.25) is 18.1 Å². The molecule has 7 rings (SSSR count). The van der Waals surface area contributed by atoms with Crippen molar-refractivity contribution in [2.75, 3.05) is 11.9 Å². The number of nitrogens with zero attached hydrogens (tertiary/aromatic N) is 1. The second kappa shape index (κ2) is 21.0. The van der Waals surface area contributed by atoms with Crippen molar-refractivity contribution < 1.29 is 32.6 Å². The van der Waals surface area contributed by atoms with Gasteiger partial charge in [0.1, 0.15) is 37.1 Å². The van der Waals surface area contributed by atoms with E-state index in [1.807, 2.05) is 140 Å². The molecule has 0 saturated carbocycles. The number of nitrogens with one attached hydrogen (secondary N) is 1. The molecule has 0 radical (unpaired) electrons. The molecule has 6 aromatic carbocycles. The van der Waals surface area contributed by atoms with Gasteiger partial charge in [0.25, 0.3) is 0 Å². The molecule has 1 saturated heterocycles. The van der Waals surface area contributed by atoms with Crippen molar-refractivity contribution in [2.45, 2.75) is 89.6 Å². The van der Waals surface area contributed by atoms with Gasteiger partial charge in [0.15, 0.2) is 8.32 Å². The van der Waals surface area contributed by atoms with Gasteiger partial charge in [-0.25, -0.2) is 14.1 Å². The van der Waals surface area contributed by atoms with Crippen LogP contribution in [0.5, 0.6) is 11.5 Å². The first-order valence-electron chi connectivity index (χ1n) is 22.1. The van der Waals surface area contributed by atoms with Gasteiger partial charge in [0.2, 0.25) is 5.91 Å². The highest BCUT2D eigenvalue weighted by atomic mass is 28.4. The van der Waals surface area contributed by atoms with E-state index in [0.29, 0.717) is 36.5 Å². The Morgan fingerprint density at radius 3 is 1.91 bits per heavy atom. The van der Waals surface area contributed by atoms with E-state index in [-0.39, 0.29) is 36.4 Å². The fourth-order valence-electron chi connectivity index (χ4n) is 7.78. The number of ether oxygens (including phenoxy) is 3. The highest BCUT2D eigenvalue weighted by Crippen LogP contribution is 2.44. The van der Waals surface area contributed by atoms with Gasteiger partial charge in [-0.2, -0.15) is 0 Å². The van der Waals surface area contributed by atoms with Gasteiger partial charge < -0.3 is 24.0 Å². The summed E-state index contributed by atoms with van der Waals surface area (Å²) in [6, 6.07) is 50.3. The number of cyclic esters (lactones) is 1. The Kier molecular flexibility index (Phi) is 15.0. The summed E-state index contributed by atoms with van der Waals surface area (Å²) in [6.07, 6.45) is -0.0270. The molecule has 0 aliphatic carbocycles. The lowest BCUT2D eigenvalue weighted by Crippen LogP contribution is -2.46. The quantitative estimate of drug-likeness (QED) is 0.0811. The van der Waals surface area contributed by atoms with Crippen LogP contribution in [-0.4, -0.2) is 37.9 Å². The van der Waals surface area contributed by atoms with Gasteiger partial charge in [-0.05, 0) is 96.0 Å². The molecule has 1 fully saturated rings. The second-order valence-electron chi connectivity index (χ2n) is 18.0. The zero-order chi connectivity index (χ0) is 45.1. The molecular formula is C54H59FN2O6Si. The maximum absolute atomic E-state index is 15.7. The van der Waals surface area contributed by atoms with Crippen LogP contribution in [-0.2, 0) is 33.6 Å². The van der Waals surface area contributed by atoms with Crippen molar-refractivity contribution in [3.05, 3.63) is 197 Å². The summed E-state index contributed by atoms with van der Waals surface area (Å²) in [7, 11) is -2.41. The van der Waals surface area contributed by atoms with Crippen molar-refractivity contribution in [3.63, 3.8) is 0 Å².